The van der Waals surface area contributed by atoms with Gasteiger partial charge in [-0.1, -0.05) is 0 Å². The molecule has 2 atom stereocenters. The van der Waals surface area contributed by atoms with Crippen molar-refractivity contribution in [3.05, 3.63) is 34.2 Å². The van der Waals surface area contributed by atoms with E-state index < -0.39 is 61.0 Å². The third-order valence-electron chi connectivity index (χ3n) is 4.03. The summed E-state index contributed by atoms with van der Waals surface area (Å²) in [5.41, 5.74) is -1.14. The standard InChI is InChI=1S/C14H14F6N2O2/c15-13(16,17)7-4-8(14(18,19)20)6-9(5-7)22-12(24)10-2-1-3-21-11(10)23/h1-3,7-9H,4-6H2,(H,21,23)(H,22,24)/t7-,8-/m1/s1. The lowest BCUT2D eigenvalue weighted by Crippen LogP contribution is -2.47. The Balaban J connectivity index is 2.17. The lowest BCUT2D eigenvalue weighted by molar-refractivity contribution is -0.225. The van der Waals surface area contributed by atoms with Gasteiger partial charge in [0.25, 0.3) is 11.5 Å². The molecule has 0 aromatic carbocycles. The van der Waals surface area contributed by atoms with Crippen molar-refractivity contribution in [3.63, 3.8) is 0 Å². The van der Waals surface area contributed by atoms with Gasteiger partial charge in [-0.2, -0.15) is 26.3 Å². The number of amides is 1. The van der Waals surface area contributed by atoms with Crippen LogP contribution in [0.3, 0.4) is 0 Å². The number of nitrogens with one attached hydrogen (secondary N) is 2. The van der Waals surface area contributed by atoms with Gasteiger partial charge in [0.15, 0.2) is 0 Å². The predicted molar refractivity (Wildman–Crippen MR) is 71.3 cm³/mol. The van der Waals surface area contributed by atoms with E-state index >= 15 is 0 Å². The van der Waals surface area contributed by atoms with E-state index in [1.165, 1.54) is 12.3 Å². The first kappa shape index (κ1) is 18.3. The smallest absolute Gasteiger partial charge is 0.349 e. The van der Waals surface area contributed by atoms with Crippen LogP contribution in [0.5, 0.6) is 0 Å². The summed E-state index contributed by atoms with van der Waals surface area (Å²) in [6.45, 7) is 0. The predicted octanol–water partition coefficient (Wildman–Crippen LogP) is 3.01. The fourth-order valence-electron chi connectivity index (χ4n) is 2.83. The normalized spacial score (nSPS) is 25.3. The number of H-pyrrole nitrogens is 1. The van der Waals surface area contributed by atoms with Gasteiger partial charge in [-0.15, -0.1) is 0 Å². The maximum atomic E-state index is 12.9. The number of aromatic nitrogens is 1. The average molecular weight is 356 g/mol. The molecule has 2 rings (SSSR count). The van der Waals surface area contributed by atoms with Crippen LogP contribution in [-0.4, -0.2) is 29.3 Å². The van der Waals surface area contributed by atoms with Gasteiger partial charge < -0.3 is 10.3 Å². The SMILES string of the molecule is O=C(NC1C[C@H](C(F)(F)F)C[C@@H](C(F)(F)F)C1)c1ccc[nH]c1=O. The first-order chi connectivity index (χ1) is 11.0. The van der Waals surface area contributed by atoms with Crippen molar-refractivity contribution in [1.29, 1.82) is 0 Å². The number of alkyl halides is 6. The average Bonchev–Trinajstić information content (AvgIpc) is 2.45. The minimum absolute atomic E-state index is 0.366. The number of aromatic amines is 1. The summed E-state index contributed by atoms with van der Waals surface area (Å²) in [7, 11) is 0. The van der Waals surface area contributed by atoms with E-state index in [-0.39, 0.29) is 5.56 Å². The Hall–Kier alpha value is -2.00. The van der Waals surface area contributed by atoms with Crippen LogP contribution >= 0.6 is 0 Å². The Bertz CT molecular complexity index is 630. The van der Waals surface area contributed by atoms with Crippen molar-refractivity contribution in [3.8, 4) is 0 Å². The first-order valence-electron chi connectivity index (χ1n) is 7.10. The van der Waals surface area contributed by atoms with Crippen LogP contribution in [-0.2, 0) is 0 Å². The first-order valence-corrected chi connectivity index (χ1v) is 7.10. The zero-order chi connectivity index (χ0) is 18.1. The van der Waals surface area contributed by atoms with E-state index in [4.69, 9.17) is 0 Å². The highest BCUT2D eigenvalue weighted by Gasteiger charge is 2.52. The fourth-order valence-corrected chi connectivity index (χ4v) is 2.83. The second kappa shape index (κ2) is 6.48. The van der Waals surface area contributed by atoms with E-state index in [1.54, 1.807) is 0 Å². The molecule has 1 fully saturated rings. The van der Waals surface area contributed by atoms with Crippen molar-refractivity contribution in [2.24, 2.45) is 11.8 Å². The summed E-state index contributed by atoms with van der Waals surface area (Å²) in [4.78, 5) is 25.6. The number of carbonyl (C=O) groups is 1. The number of carbonyl (C=O) groups excluding carboxylic acids is 1. The van der Waals surface area contributed by atoms with Crippen LogP contribution in [0.25, 0.3) is 0 Å². The van der Waals surface area contributed by atoms with Crippen molar-refractivity contribution >= 4 is 5.91 Å². The minimum atomic E-state index is -4.78. The van der Waals surface area contributed by atoms with E-state index in [1.807, 2.05) is 0 Å². The van der Waals surface area contributed by atoms with E-state index in [9.17, 15) is 35.9 Å². The molecule has 1 aromatic rings. The number of pyridine rings is 1. The molecule has 1 aliphatic rings. The Morgan fingerprint density at radius 1 is 1.04 bits per heavy atom. The molecule has 1 aliphatic carbocycles. The molecule has 0 saturated heterocycles. The van der Waals surface area contributed by atoms with Crippen molar-refractivity contribution in [1.82, 2.24) is 10.3 Å². The molecule has 0 unspecified atom stereocenters. The van der Waals surface area contributed by atoms with Crippen molar-refractivity contribution < 1.29 is 31.1 Å². The number of rotatable bonds is 2. The topological polar surface area (TPSA) is 62.0 Å². The molecule has 1 amide bonds. The van der Waals surface area contributed by atoms with Gasteiger partial charge in [0.05, 0.1) is 11.8 Å². The lowest BCUT2D eigenvalue weighted by Gasteiger charge is -2.36. The van der Waals surface area contributed by atoms with E-state index in [0.29, 0.717) is 0 Å². The van der Waals surface area contributed by atoms with Crippen molar-refractivity contribution in [2.45, 2.75) is 37.7 Å². The maximum Gasteiger partial charge on any atom is 0.391 e. The largest absolute Gasteiger partial charge is 0.391 e. The second-order valence-electron chi connectivity index (χ2n) is 5.77. The Kier molecular flexibility index (Phi) is 4.95. The highest BCUT2D eigenvalue weighted by molar-refractivity contribution is 5.93. The quantitative estimate of drug-likeness (QED) is 0.801. The van der Waals surface area contributed by atoms with E-state index in [2.05, 4.69) is 10.3 Å². The molecule has 134 valence electrons. The molecule has 10 heteroatoms. The summed E-state index contributed by atoms with van der Waals surface area (Å²) in [5.74, 6) is -5.31. The Morgan fingerprint density at radius 2 is 1.58 bits per heavy atom. The molecule has 0 radical (unpaired) electrons. The summed E-state index contributed by atoms with van der Waals surface area (Å²) in [6, 6.07) is 1.15. The third kappa shape index (κ3) is 4.30. The van der Waals surface area contributed by atoms with Crippen LogP contribution < -0.4 is 10.9 Å². The molecule has 4 nitrogen and oxygen atoms in total. The molecule has 1 aromatic heterocycles. The van der Waals surface area contributed by atoms with Gasteiger partial charge >= 0.3 is 12.4 Å². The van der Waals surface area contributed by atoms with Crippen LogP contribution in [0, 0.1) is 11.8 Å². The highest BCUT2D eigenvalue weighted by atomic mass is 19.4. The zero-order valence-corrected chi connectivity index (χ0v) is 12.2. The Morgan fingerprint density at radius 3 is 2.04 bits per heavy atom. The van der Waals surface area contributed by atoms with Crippen LogP contribution in [0.2, 0.25) is 0 Å². The molecule has 0 aliphatic heterocycles. The molecule has 0 spiro atoms. The van der Waals surface area contributed by atoms with Crippen LogP contribution in [0.4, 0.5) is 26.3 Å². The molecule has 2 N–H and O–H groups in total. The second-order valence-corrected chi connectivity index (χ2v) is 5.77. The van der Waals surface area contributed by atoms with Gasteiger partial charge in [-0.3, -0.25) is 9.59 Å². The summed E-state index contributed by atoms with van der Waals surface area (Å²) < 4.78 is 77.2. The van der Waals surface area contributed by atoms with Crippen molar-refractivity contribution in [2.75, 3.05) is 0 Å². The molecule has 24 heavy (non-hydrogen) atoms. The minimum Gasteiger partial charge on any atom is -0.349 e. The summed E-state index contributed by atoms with van der Waals surface area (Å²) in [6.07, 6.45) is -10.7. The number of hydrogen-bond donors (Lipinski definition) is 2. The summed E-state index contributed by atoms with van der Waals surface area (Å²) >= 11 is 0. The molecule has 0 bridgehead atoms. The number of hydrogen-bond acceptors (Lipinski definition) is 2. The van der Waals surface area contributed by atoms with Gasteiger partial charge in [0.2, 0.25) is 0 Å². The monoisotopic (exact) mass is 356 g/mol. The fraction of sp³-hybridized carbons (Fsp3) is 0.571. The third-order valence-corrected chi connectivity index (χ3v) is 4.03. The zero-order valence-electron chi connectivity index (χ0n) is 12.2. The molecular formula is C14H14F6N2O2. The van der Waals surface area contributed by atoms with Crippen LogP contribution in [0.15, 0.2) is 23.1 Å². The van der Waals surface area contributed by atoms with Gasteiger partial charge in [0, 0.05) is 12.2 Å². The molecular weight excluding hydrogens is 342 g/mol. The molecule has 1 saturated carbocycles. The highest BCUT2D eigenvalue weighted by Crippen LogP contribution is 2.45. The van der Waals surface area contributed by atoms with E-state index in [0.717, 1.165) is 6.07 Å². The van der Waals surface area contributed by atoms with Crippen LogP contribution in [0.1, 0.15) is 29.6 Å². The number of halogens is 6. The Labute approximate surface area is 132 Å². The van der Waals surface area contributed by atoms with Gasteiger partial charge in [-0.25, -0.2) is 0 Å². The summed E-state index contributed by atoms with van der Waals surface area (Å²) in [5, 5.41) is 2.12. The maximum absolute atomic E-state index is 12.9. The molecule has 1 heterocycles. The van der Waals surface area contributed by atoms with Gasteiger partial charge in [0.1, 0.15) is 5.56 Å². The van der Waals surface area contributed by atoms with Gasteiger partial charge in [-0.05, 0) is 31.4 Å². The lowest BCUT2D eigenvalue weighted by atomic mass is 9.77.